The van der Waals surface area contributed by atoms with Crippen molar-refractivity contribution in [2.75, 3.05) is 44.1 Å². The Morgan fingerprint density at radius 3 is 2.11 bits per heavy atom. The molecule has 36 heavy (non-hydrogen) atoms. The maximum atomic E-state index is 11.9. The van der Waals surface area contributed by atoms with E-state index in [0.29, 0.717) is 12.3 Å². The molecule has 1 unspecified atom stereocenters. The molecule has 0 heterocycles. The normalized spacial score (nSPS) is 12.3. The summed E-state index contributed by atoms with van der Waals surface area (Å²) in [4.78, 5) is 2.09. The Morgan fingerprint density at radius 1 is 0.861 bits per heavy atom. The molecule has 0 saturated carbocycles. The van der Waals surface area contributed by atoms with Crippen LogP contribution in [0.25, 0.3) is 0 Å². The predicted molar refractivity (Wildman–Crippen MR) is 156 cm³/mol. The van der Waals surface area contributed by atoms with Gasteiger partial charge in [0.05, 0.1) is 11.6 Å². The van der Waals surface area contributed by atoms with E-state index in [4.69, 9.17) is 4.74 Å². The molecule has 0 aliphatic heterocycles. The highest BCUT2D eigenvalue weighted by Gasteiger charge is 2.14. The Morgan fingerprint density at radius 2 is 1.47 bits per heavy atom. The lowest BCUT2D eigenvalue weighted by Gasteiger charge is -2.18. The number of anilines is 1. The van der Waals surface area contributed by atoms with Gasteiger partial charge in [-0.25, -0.2) is 13.1 Å². The summed E-state index contributed by atoms with van der Waals surface area (Å²) in [5.74, 6) is 4.17. The highest BCUT2D eigenvalue weighted by molar-refractivity contribution is 8.00. The van der Waals surface area contributed by atoms with Crippen molar-refractivity contribution in [3.63, 3.8) is 0 Å². The number of nitrogens with zero attached hydrogens (tertiary/aromatic N) is 1. The van der Waals surface area contributed by atoms with Crippen LogP contribution in [0.5, 0.6) is 11.5 Å². The molecule has 0 aromatic heterocycles. The number of ether oxygens (including phenoxy) is 1. The molecule has 194 valence electrons. The number of para-hydroxylation sites is 1. The van der Waals surface area contributed by atoms with Crippen molar-refractivity contribution in [2.24, 2.45) is 0 Å². The van der Waals surface area contributed by atoms with Gasteiger partial charge in [0.15, 0.2) is 0 Å². The second-order valence-corrected chi connectivity index (χ2v) is 12.6. The van der Waals surface area contributed by atoms with Crippen molar-refractivity contribution in [2.45, 2.75) is 16.9 Å². The first kappa shape index (κ1) is 28.4. The average Bonchev–Trinajstić information content (AvgIpc) is 2.85. The third kappa shape index (κ3) is 10.8. The van der Waals surface area contributed by atoms with Crippen LogP contribution in [0.4, 0.5) is 5.69 Å². The molecular weight excluding hydrogens is 511 g/mol. The maximum absolute atomic E-state index is 11.9. The fourth-order valence-electron chi connectivity index (χ4n) is 3.31. The second kappa shape index (κ2) is 14.5. The highest BCUT2D eigenvalue weighted by atomic mass is 32.2. The van der Waals surface area contributed by atoms with Gasteiger partial charge >= 0.3 is 0 Å². The zero-order valence-corrected chi connectivity index (χ0v) is 23.5. The van der Waals surface area contributed by atoms with E-state index >= 15 is 0 Å². The minimum absolute atomic E-state index is 0.246. The molecule has 0 aliphatic rings. The van der Waals surface area contributed by atoms with E-state index in [1.807, 2.05) is 80.5 Å². The molecule has 6 nitrogen and oxygen atoms in total. The summed E-state index contributed by atoms with van der Waals surface area (Å²) in [6.45, 7) is 1.37. The first-order valence-corrected chi connectivity index (χ1v) is 15.8. The van der Waals surface area contributed by atoms with Crippen LogP contribution in [0.3, 0.4) is 0 Å². The van der Waals surface area contributed by atoms with Gasteiger partial charge in [0.25, 0.3) is 0 Å². The molecule has 3 rings (SSSR count). The smallest absolute Gasteiger partial charge is 0.209 e. The number of benzene rings is 3. The van der Waals surface area contributed by atoms with Crippen molar-refractivity contribution in [1.29, 1.82) is 0 Å². The van der Waals surface area contributed by atoms with Crippen molar-refractivity contribution < 1.29 is 13.2 Å². The number of hydrogen-bond donors (Lipinski definition) is 2. The summed E-state index contributed by atoms with van der Waals surface area (Å²) >= 11 is 3.44. The number of nitrogens with one attached hydrogen (secondary N) is 2. The van der Waals surface area contributed by atoms with E-state index < -0.39 is 10.0 Å². The van der Waals surface area contributed by atoms with Gasteiger partial charge in [0, 0.05) is 50.1 Å². The van der Waals surface area contributed by atoms with E-state index in [9.17, 15) is 8.42 Å². The quantitative estimate of drug-likeness (QED) is 0.202. The van der Waals surface area contributed by atoms with E-state index in [2.05, 4.69) is 39.2 Å². The fraction of sp³-hybridized carbons (Fsp3) is 0.333. The van der Waals surface area contributed by atoms with E-state index in [0.717, 1.165) is 35.1 Å². The van der Waals surface area contributed by atoms with Crippen molar-refractivity contribution in [3.8, 4) is 11.5 Å². The van der Waals surface area contributed by atoms with Gasteiger partial charge in [-0.2, -0.15) is 11.8 Å². The third-order valence-corrected chi connectivity index (χ3v) is 8.25. The largest absolute Gasteiger partial charge is 0.457 e. The molecule has 0 aliphatic carbocycles. The Bertz CT molecular complexity index is 1140. The Labute approximate surface area is 224 Å². The molecular formula is C27H35N3O3S3. The van der Waals surface area contributed by atoms with Crippen LogP contribution in [-0.2, 0) is 21.5 Å². The van der Waals surface area contributed by atoms with Crippen LogP contribution < -0.4 is 19.7 Å². The monoisotopic (exact) mass is 545 g/mol. The van der Waals surface area contributed by atoms with E-state index in [-0.39, 0.29) is 5.37 Å². The van der Waals surface area contributed by atoms with Crippen LogP contribution in [0.15, 0.2) is 78.9 Å². The van der Waals surface area contributed by atoms with Gasteiger partial charge in [-0.3, -0.25) is 0 Å². The molecule has 0 fully saturated rings. The molecule has 3 aromatic carbocycles. The number of thioether (sulfide) groups is 2. The first-order valence-electron chi connectivity index (χ1n) is 11.7. The summed E-state index contributed by atoms with van der Waals surface area (Å²) < 4.78 is 32.3. The fourth-order valence-corrected chi connectivity index (χ4v) is 6.35. The molecule has 0 spiro atoms. The SMILES string of the molecule is CN(C)c1ccc(CSCCNCC(NS(C)(=O)=O)SCc2ccc(Oc3ccccc3)cc2)cc1. The summed E-state index contributed by atoms with van der Waals surface area (Å²) in [6, 6.07) is 26.2. The lowest BCUT2D eigenvalue weighted by Crippen LogP contribution is -2.40. The van der Waals surface area contributed by atoms with Gasteiger partial charge in [-0.15, -0.1) is 11.8 Å². The summed E-state index contributed by atoms with van der Waals surface area (Å²) in [5.41, 5.74) is 3.61. The van der Waals surface area contributed by atoms with Gasteiger partial charge in [0.2, 0.25) is 10.0 Å². The standard InChI is InChI=1S/C27H35N3O3S3/c1-30(2)24-13-9-22(10-14-24)20-34-18-17-28-19-27(29-36(3,31)32)35-21-23-11-15-26(16-12-23)33-25-7-5-4-6-8-25/h4-16,27-29H,17-21H2,1-3H3. The van der Waals surface area contributed by atoms with Crippen LogP contribution in [0, 0.1) is 0 Å². The molecule has 9 heteroatoms. The molecule has 0 radical (unpaired) electrons. The lowest BCUT2D eigenvalue weighted by molar-refractivity contribution is 0.482. The lowest BCUT2D eigenvalue weighted by atomic mass is 10.2. The topological polar surface area (TPSA) is 70.7 Å². The minimum Gasteiger partial charge on any atom is -0.457 e. The average molecular weight is 546 g/mol. The molecule has 0 amide bonds. The second-order valence-electron chi connectivity index (χ2n) is 8.57. The van der Waals surface area contributed by atoms with Gasteiger partial charge in [0.1, 0.15) is 11.5 Å². The first-order chi connectivity index (χ1) is 17.3. The summed E-state index contributed by atoms with van der Waals surface area (Å²) in [6.07, 6.45) is 1.20. The Hall–Kier alpha value is -2.17. The Balaban J connectivity index is 1.39. The Kier molecular flexibility index (Phi) is 11.5. The van der Waals surface area contributed by atoms with Crippen LogP contribution >= 0.6 is 23.5 Å². The van der Waals surface area contributed by atoms with Crippen LogP contribution in [0.2, 0.25) is 0 Å². The van der Waals surface area contributed by atoms with E-state index in [1.54, 1.807) is 11.8 Å². The van der Waals surface area contributed by atoms with Crippen molar-refractivity contribution in [1.82, 2.24) is 10.0 Å². The van der Waals surface area contributed by atoms with Crippen LogP contribution in [0.1, 0.15) is 11.1 Å². The summed E-state index contributed by atoms with van der Waals surface area (Å²) in [7, 11) is 0.776. The zero-order valence-electron chi connectivity index (χ0n) is 21.0. The number of sulfonamides is 1. The molecule has 1 atom stereocenters. The molecule has 0 saturated heterocycles. The van der Waals surface area contributed by atoms with Gasteiger partial charge in [-0.1, -0.05) is 42.5 Å². The zero-order chi connectivity index (χ0) is 25.8. The van der Waals surface area contributed by atoms with Gasteiger partial charge in [-0.05, 0) is 47.5 Å². The minimum atomic E-state index is -3.30. The molecule has 2 N–H and O–H groups in total. The van der Waals surface area contributed by atoms with Crippen molar-refractivity contribution >= 4 is 39.2 Å². The van der Waals surface area contributed by atoms with E-state index in [1.165, 1.54) is 17.5 Å². The molecule has 3 aromatic rings. The number of rotatable bonds is 15. The van der Waals surface area contributed by atoms with Gasteiger partial charge < -0.3 is 15.0 Å². The molecule has 0 bridgehead atoms. The number of hydrogen-bond acceptors (Lipinski definition) is 7. The van der Waals surface area contributed by atoms with Crippen molar-refractivity contribution in [3.05, 3.63) is 90.0 Å². The third-order valence-electron chi connectivity index (χ3n) is 5.17. The highest BCUT2D eigenvalue weighted by Crippen LogP contribution is 2.23. The maximum Gasteiger partial charge on any atom is 0.209 e. The van der Waals surface area contributed by atoms with Crippen LogP contribution in [-0.4, -0.2) is 53.0 Å². The summed E-state index contributed by atoms with van der Waals surface area (Å²) in [5, 5.41) is 3.15. The predicted octanol–water partition coefficient (Wildman–Crippen LogP) is 5.18.